The SMILES string of the molecule is COc1cccc(/C=N/NC(=O)COc2ccccc2C(C)(C)C)c1. The van der Waals surface area contributed by atoms with Crippen LogP contribution in [0.3, 0.4) is 0 Å². The lowest BCUT2D eigenvalue weighted by atomic mass is 9.86. The highest BCUT2D eigenvalue weighted by Crippen LogP contribution is 2.30. The number of amides is 1. The summed E-state index contributed by atoms with van der Waals surface area (Å²) in [6.45, 7) is 6.22. The fraction of sp³-hybridized carbons (Fsp3) is 0.300. The van der Waals surface area contributed by atoms with Crippen molar-refractivity contribution in [3.8, 4) is 11.5 Å². The molecule has 1 amide bonds. The normalized spacial score (nSPS) is 11.4. The van der Waals surface area contributed by atoms with E-state index in [9.17, 15) is 4.79 Å². The summed E-state index contributed by atoms with van der Waals surface area (Å²) in [7, 11) is 1.60. The van der Waals surface area contributed by atoms with Crippen molar-refractivity contribution in [2.45, 2.75) is 26.2 Å². The number of rotatable bonds is 6. The number of hydrogen-bond donors (Lipinski definition) is 1. The van der Waals surface area contributed by atoms with Gasteiger partial charge >= 0.3 is 0 Å². The number of hydrogen-bond acceptors (Lipinski definition) is 4. The average Bonchev–Trinajstić information content (AvgIpc) is 2.59. The third-order valence-corrected chi connectivity index (χ3v) is 3.55. The lowest BCUT2D eigenvalue weighted by Crippen LogP contribution is -2.25. The van der Waals surface area contributed by atoms with Gasteiger partial charge in [0.05, 0.1) is 13.3 Å². The molecule has 0 aromatic heterocycles. The fourth-order valence-electron chi connectivity index (χ4n) is 2.29. The van der Waals surface area contributed by atoms with Gasteiger partial charge in [-0.15, -0.1) is 0 Å². The van der Waals surface area contributed by atoms with Gasteiger partial charge in [-0.3, -0.25) is 4.79 Å². The van der Waals surface area contributed by atoms with Crippen LogP contribution in [0.1, 0.15) is 31.9 Å². The second kappa shape index (κ2) is 8.33. The number of methoxy groups -OCH3 is 1. The Hall–Kier alpha value is -2.82. The van der Waals surface area contributed by atoms with Gasteiger partial charge in [0.1, 0.15) is 11.5 Å². The molecule has 0 bridgehead atoms. The predicted octanol–water partition coefficient (Wildman–Crippen LogP) is 3.52. The number of nitrogens with zero attached hydrogens (tertiary/aromatic N) is 1. The number of carbonyl (C=O) groups is 1. The van der Waals surface area contributed by atoms with Crippen molar-refractivity contribution >= 4 is 12.1 Å². The molecule has 25 heavy (non-hydrogen) atoms. The molecule has 0 radical (unpaired) electrons. The van der Waals surface area contributed by atoms with E-state index in [-0.39, 0.29) is 17.9 Å². The minimum atomic E-state index is -0.317. The van der Waals surface area contributed by atoms with Crippen LogP contribution in [-0.2, 0) is 10.2 Å². The third-order valence-electron chi connectivity index (χ3n) is 3.55. The molecule has 0 fully saturated rings. The molecule has 0 aliphatic carbocycles. The van der Waals surface area contributed by atoms with Gasteiger partial charge in [-0.25, -0.2) is 5.43 Å². The summed E-state index contributed by atoms with van der Waals surface area (Å²) in [4.78, 5) is 11.9. The molecule has 0 unspecified atom stereocenters. The minimum absolute atomic E-state index is 0.0579. The van der Waals surface area contributed by atoms with Crippen LogP contribution < -0.4 is 14.9 Å². The Balaban J connectivity index is 1.90. The number of para-hydroxylation sites is 1. The Morgan fingerprint density at radius 1 is 1.16 bits per heavy atom. The Morgan fingerprint density at radius 3 is 2.64 bits per heavy atom. The monoisotopic (exact) mass is 340 g/mol. The van der Waals surface area contributed by atoms with Gasteiger partial charge in [0.25, 0.3) is 5.91 Å². The molecule has 2 aromatic carbocycles. The van der Waals surface area contributed by atoms with Crippen LogP contribution in [0.5, 0.6) is 11.5 Å². The van der Waals surface area contributed by atoms with Crippen LogP contribution >= 0.6 is 0 Å². The van der Waals surface area contributed by atoms with Crippen molar-refractivity contribution in [3.05, 3.63) is 59.7 Å². The summed E-state index contributed by atoms with van der Waals surface area (Å²) < 4.78 is 10.8. The zero-order valence-corrected chi connectivity index (χ0v) is 15.1. The largest absolute Gasteiger partial charge is 0.497 e. The maximum atomic E-state index is 11.9. The van der Waals surface area contributed by atoms with Gasteiger partial charge in [-0.05, 0) is 34.7 Å². The van der Waals surface area contributed by atoms with Crippen LogP contribution in [0.2, 0.25) is 0 Å². The molecule has 0 saturated heterocycles. The van der Waals surface area contributed by atoms with Crippen molar-refractivity contribution in [2.24, 2.45) is 5.10 Å². The van der Waals surface area contributed by atoms with Crippen LogP contribution in [0, 0.1) is 0 Å². The molecule has 0 aliphatic rings. The highest BCUT2D eigenvalue weighted by atomic mass is 16.5. The Labute approximate surface area is 148 Å². The lowest BCUT2D eigenvalue weighted by molar-refractivity contribution is -0.123. The molecule has 132 valence electrons. The first-order valence-electron chi connectivity index (χ1n) is 8.08. The number of nitrogens with one attached hydrogen (secondary N) is 1. The number of ether oxygens (including phenoxy) is 2. The zero-order chi connectivity index (χ0) is 18.3. The third kappa shape index (κ3) is 5.64. The first kappa shape index (κ1) is 18.5. The van der Waals surface area contributed by atoms with Gasteiger partial charge in [-0.2, -0.15) is 5.10 Å². The van der Waals surface area contributed by atoms with Crippen molar-refractivity contribution in [3.63, 3.8) is 0 Å². The van der Waals surface area contributed by atoms with Crippen molar-refractivity contribution in [1.82, 2.24) is 5.43 Å². The van der Waals surface area contributed by atoms with Crippen molar-refractivity contribution < 1.29 is 14.3 Å². The second-order valence-electron chi connectivity index (χ2n) is 6.60. The summed E-state index contributed by atoms with van der Waals surface area (Å²) in [5, 5.41) is 3.94. The molecule has 5 heteroatoms. The van der Waals surface area contributed by atoms with Crippen molar-refractivity contribution in [2.75, 3.05) is 13.7 Å². The second-order valence-corrected chi connectivity index (χ2v) is 6.60. The van der Waals surface area contributed by atoms with Crippen LogP contribution in [-0.4, -0.2) is 25.8 Å². The summed E-state index contributed by atoms with van der Waals surface area (Å²) in [6.07, 6.45) is 1.56. The average molecular weight is 340 g/mol. The number of carbonyl (C=O) groups excluding carboxylic acids is 1. The Bertz CT molecular complexity index is 749. The van der Waals surface area contributed by atoms with Crippen LogP contribution in [0.15, 0.2) is 53.6 Å². The lowest BCUT2D eigenvalue weighted by Gasteiger charge is -2.22. The number of benzene rings is 2. The number of hydrazone groups is 1. The van der Waals surface area contributed by atoms with E-state index < -0.39 is 0 Å². The summed E-state index contributed by atoms with van der Waals surface area (Å²) >= 11 is 0. The quantitative estimate of drug-likeness (QED) is 0.646. The first-order chi connectivity index (χ1) is 11.9. The standard InChI is InChI=1S/C20H24N2O3/c1-20(2,3)17-10-5-6-11-18(17)25-14-19(23)22-21-13-15-8-7-9-16(12-15)24-4/h5-13H,14H2,1-4H3,(H,22,23)/b21-13+. The highest BCUT2D eigenvalue weighted by Gasteiger charge is 2.18. The van der Waals surface area contributed by atoms with Crippen LogP contribution in [0.4, 0.5) is 0 Å². The molecule has 2 rings (SSSR count). The molecular formula is C20H24N2O3. The maximum absolute atomic E-state index is 11.9. The molecule has 0 heterocycles. The van der Waals surface area contributed by atoms with Crippen LogP contribution in [0.25, 0.3) is 0 Å². The molecule has 0 atom stereocenters. The van der Waals surface area contributed by atoms with E-state index in [1.165, 1.54) is 0 Å². The van der Waals surface area contributed by atoms with Crippen molar-refractivity contribution in [1.29, 1.82) is 0 Å². The summed E-state index contributed by atoms with van der Waals surface area (Å²) in [5.74, 6) is 1.13. The van der Waals surface area contributed by atoms with Gasteiger partial charge in [0.15, 0.2) is 6.61 Å². The molecule has 0 spiro atoms. The van der Waals surface area contributed by atoms with E-state index in [1.807, 2.05) is 48.5 Å². The van der Waals surface area contributed by atoms with E-state index >= 15 is 0 Å². The first-order valence-corrected chi connectivity index (χ1v) is 8.08. The summed E-state index contributed by atoms with van der Waals surface area (Å²) in [6, 6.07) is 15.1. The molecule has 2 aromatic rings. The molecule has 1 N–H and O–H groups in total. The Kier molecular flexibility index (Phi) is 6.17. The maximum Gasteiger partial charge on any atom is 0.277 e. The smallest absolute Gasteiger partial charge is 0.277 e. The highest BCUT2D eigenvalue weighted by molar-refractivity contribution is 5.83. The van der Waals surface area contributed by atoms with Gasteiger partial charge in [0.2, 0.25) is 0 Å². The molecule has 0 saturated carbocycles. The van der Waals surface area contributed by atoms with E-state index in [0.29, 0.717) is 5.75 Å². The fourth-order valence-corrected chi connectivity index (χ4v) is 2.29. The van der Waals surface area contributed by atoms with Gasteiger partial charge in [-0.1, -0.05) is 51.1 Å². The van der Waals surface area contributed by atoms with E-state index in [4.69, 9.17) is 9.47 Å². The zero-order valence-electron chi connectivity index (χ0n) is 15.1. The van der Waals surface area contributed by atoms with Gasteiger partial charge < -0.3 is 9.47 Å². The molecule has 0 aliphatic heterocycles. The van der Waals surface area contributed by atoms with Gasteiger partial charge in [0, 0.05) is 0 Å². The Morgan fingerprint density at radius 2 is 1.92 bits per heavy atom. The topological polar surface area (TPSA) is 59.9 Å². The van der Waals surface area contributed by atoms with E-state index in [1.54, 1.807) is 13.3 Å². The van der Waals surface area contributed by atoms with E-state index in [0.717, 1.165) is 16.9 Å². The minimum Gasteiger partial charge on any atom is -0.497 e. The van der Waals surface area contributed by atoms with E-state index in [2.05, 4.69) is 31.3 Å². The summed E-state index contributed by atoms with van der Waals surface area (Å²) in [5.41, 5.74) is 4.29. The molecule has 5 nitrogen and oxygen atoms in total. The molecular weight excluding hydrogens is 316 g/mol. The predicted molar refractivity (Wildman–Crippen MR) is 99.4 cm³/mol.